The first-order valence-corrected chi connectivity index (χ1v) is 9.44. The van der Waals surface area contributed by atoms with E-state index in [4.69, 9.17) is 4.74 Å². The Morgan fingerprint density at radius 3 is 2.78 bits per heavy atom. The van der Waals surface area contributed by atoms with Crippen molar-refractivity contribution < 1.29 is 9.53 Å². The number of thioether (sulfide) groups is 1. The summed E-state index contributed by atoms with van der Waals surface area (Å²) in [6.45, 7) is 12.1. The Balaban J connectivity index is 1.96. The molecule has 2 atom stereocenters. The molecule has 1 aliphatic rings. The molecular weight excluding hydrogens is 310 g/mol. The Hall–Kier alpha value is -1.01. The van der Waals surface area contributed by atoms with Crippen LogP contribution in [0.3, 0.4) is 0 Å². The van der Waals surface area contributed by atoms with Crippen molar-refractivity contribution in [1.29, 1.82) is 0 Å². The van der Waals surface area contributed by atoms with Crippen molar-refractivity contribution in [2.45, 2.75) is 71.3 Å². The first-order chi connectivity index (χ1) is 10.9. The van der Waals surface area contributed by atoms with Crippen LogP contribution in [0.4, 0.5) is 0 Å². The van der Waals surface area contributed by atoms with E-state index in [2.05, 4.69) is 35.6 Å². The smallest absolute Gasteiger partial charge is 0.230 e. The van der Waals surface area contributed by atoms with Crippen LogP contribution in [0.25, 0.3) is 0 Å². The topological polar surface area (TPSA) is 56.2 Å². The van der Waals surface area contributed by atoms with Crippen LogP contribution in [0.15, 0.2) is 5.16 Å². The number of hydrogen-bond acceptors (Lipinski definition) is 4. The lowest BCUT2D eigenvalue weighted by molar-refractivity contribution is -0.119. The van der Waals surface area contributed by atoms with E-state index in [0.29, 0.717) is 11.7 Å². The fraction of sp³-hybridized carbons (Fsp3) is 0.765. The number of aromatic nitrogens is 2. The van der Waals surface area contributed by atoms with E-state index in [9.17, 15) is 4.79 Å². The summed E-state index contributed by atoms with van der Waals surface area (Å²) in [5.74, 6) is 0.909. The maximum absolute atomic E-state index is 12.1. The van der Waals surface area contributed by atoms with E-state index in [-0.39, 0.29) is 18.1 Å². The summed E-state index contributed by atoms with van der Waals surface area (Å²) < 4.78 is 7.95. The maximum Gasteiger partial charge on any atom is 0.230 e. The van der Waals surface area contributed by atoms with Gasteiger partial charge in [0.2, 0.25) is 5.91 Å². The largest absolute Gasteiger partial charge is 0.376 e. The maximum atomic E-state index is 12.1. The molecule has 2 heterocycles. The molecule has 1 N–H and O–H groups in total. The molecule has 1 aromatic heterocycles. The summed E-state index contributed by atoms with van der Waals surface area (Å²) in [6.07, 6.45) is 2.51. The van der Waals surface area contributed by atoms with Gasteiger partial charge >= 0.3 is 0 Å². The second-order valence-corrected chi connectivity index (χ2v) is 7.64. The van der Waals surface area contributed by atoms with Crippen LogP contribution in [0.5, 0.6) is 0 Å². The zero-order valence-electron chi connectivity index (χ0n) is 14.9. The minimum Gasteiger partial charge on any atom is -0.376 e. The van der Waals surface area contributed by atoms with Gasteiger partial charge in [0.05, 0.1) is 24.1 Å². The lowest BCUT2D eigenvalue weighted by Crippen LogP contribution is -2.37. The van der Waals surface area contributed by atoms with Gasteiger partial charge in [-0.1, -0.05) is 25.6 Å². The highest BCUT2D eigenvalue weighted by Gasteiger charge is 2.21. The number of imidazole rings is 1. The number of rotatable bonds is 7. The molecule has 2 rings (SSSR count). The van der Waals surface area contributed by atoms with Crippen LogP contribution in [0.1, 0.15) is 45.0 Å². The Morgan fingerprint density at radius 1 is 1.43 bits per heavy atom. The molecule has 23 heavy (non-hydrogen) atoms. The predicted octanol–water partition coefficient (Wildman–Crippen LogP) is 2.93. The summed E-state index contributed by atoms with van der Waals surface area (Å²) in [5, 5.41) is 3.96. The van der Waals surface area contributed by atoms with E-state index < -0.39 is 0 Å². The number of nitrogens with zero attached hydrogens (tertiary/aromatic N) is 2. The third-order valence-corrected chi connectivity index (χ3v) is 5.53. The molecule has 1 saturated heterocycles. The molecular formula is C17H29N3O2S. The molecule has 0 spiro atoms. The van der Waals surface area contributed by atoms with Gasteiger partial charge in [-0.15, -0.1) is 0 Å². The molecule has 1 fully saturated rings. The number of ether oxygens (including phenoxy) is 1. The highest BCUT2D eigenvalue weighted by atomic mass is 32.2. The van der Waals surface area contributed by atoms with Crippen molar-refractivity contribution in [2.75, 3.05) is 12.4 Å². The van der Waals surface area contributed by atoms with Crippen molar-refractivity contribution in [2.24, 2.45) is 5.92 Å². The highest BCUT2D eigenvalue weighted by Crippen LogP contribution is 2.24. The molecule has 0 aliphatic carbocycles. The fourth-order valence-corrected chi connectivity index (χ4v) is 3.45. The third kappa shape index (κ3) is 4.98. The number of carbonyl (C=O) groups excluding carboxylic acids is 1. The van der Waals surface area contributed by atoms with Gasteiger partial charge in [-0.3, -0.25) is 4.79 Å². The molecule has 0 unspecified atom stereocenters. The van der Waals surface area contributed by atoms with Crippen LogP contribution in [-0.4, -0.2) is 40.0 Å². The molecule has 0 radical (unpaired) electrons. The molecule has 5 nitrogen and oxygen atoms in total. The lowest BCUT2D eigenvalue weighted by atomic mass is 10.1. The van der Waals surface area contributed by atoms with E-state index >= 15 is 0 Å². The second-order valence-electron chi connectivity index (χ2n) is 6.70. The molecule has 1 amide bonds. The average molecular weight is 340 g/mol. The lowest BCUT2D eigenvalue weighted by Gasteiger charge is -2.17. The number of amides is 1. The van der Waals surface area contributed by atoms with Gasteiger partial charge < -0.3 is 14.6 Å². The summed E-state index contributed by atoms with van der Waals surface area (Å²) in [7, 11) is 0. The number of nitrogens with one attached hydrogen (secondary N) is 1. The predicted molar refractivity (Wildman–Crippen MR) is 93.8 cm³/mol. The minimum absolute atomic E-state index is 0.0678. The monoisotopic (exact) mass is 339 g/mol. The quantitative estimate of drug-likeness (QED) is 0.776. The van der Waals surface area contributed by atoms with Crippen molar-refractivity contribution >= 4 is 17.7 Å². The minimum atomic E-state index is 0.0678. The van der Waals surface area contributed by atoms with Crippen molar-refractivity contribution in [3.8, 4) is 0 Å². The number of hydrogen-bond donors (Lipinski definition) is 1. The van der Waals surface area contributed by atoms with Gasteiger partial charge in [-0.25, -0.2) is 4.98 Å². The van der Waals surface area contributed by atoms with Gasteiger partial charge in [0.15, 0.2) is 5.16 Å². The molecule has 0 aromatic carbocycles. The van der Waals surface area contributed by atoms with Gasteiger partial charge in [0.1, 0.15) is 0 Å². The van der Waals surface area contributed by atoms with Gasteiger partial charge in [0.25, 0.3) is 0 Å². The number of carbonyl (C=O) groups is 1. The SMILES string of the molecule is Cc1nc(SCC(=O)N[C@@H](C)C(C)C)n(C[C@@H]2CCCO2)c1C. The van der Waals surface area contributed by atoms with Crippen molar-refractivity contribution in [1.82, 2.24) is 14.9 Å². The average Bonchev–Trinajstić information content (AvgIpc) is 3.09. The third-order valence-electron chi connectivity index (χ3n) is 4.55. The van der Waals surface area contributed by atoms with Gasteiger partial charge in [0, 0.05) is 18.3 Å². The second kappa shape index (κ2) is 8.20. The summed E-state index contributed by atoms with van der Waals surface area (Å²) in [4.78, 5) is 16.7. The van der Waals surface area contributed by atoms with E-state index in [1.54, 1.807) is 0 Å². The van der Waals surface area contributed by atoms with E-state index in [0.717, 1.165) is 36.8 Å². The van der Waals surface area contributed by atoms with Crippen LogP contribution >= 0.6 is 11.8 Å². The summed E-state index contributed by atoms with van der Waals surface area (Å²) >= 11 is 1.51. The summed E-state index contributed by atoms with van der Waals surface area (Å²) in [6, 6.07) is 0.193. The van der Waals surface area contributed by atoms with E-state index in [1.165, 1.54) is 17.5 Å². The van der Waals surface area contributed by atoms with Crippen LogP contribution in [0.2, 0.25) is 0 Å². The molecule has 6 heteroatoms. The Kier molecular flexibility index (Phi) is 6.53. The standard InChI is InChI=1S/C17H29N3O2S/c1-11(2)12(3)18-16(21)10-23-17-19-13(4)14(5)20(17)9-15-7-6-8-22-15/h11-12,15H,6-10H2,1-5H3,(H,18,21)/t12-,15-/m0/s1. The highest BCUT2D eigenvalue weighted by molar-refractivity contribution is 7.99. The first kappa shape index (κ1) is 18.3. The Bertz CT molecular complexity index is 536. The Labute approximate surface area is 143 Å². The van der Waals surface area contributed by atoms with Crippen molar-refractivity contribution in [3.05, 3.63) is 11.4 Å². The fourth-order valence-electron chi connectivity index (χ4n) is 2.53. The molecule has 1 aromatic rings. The zero-order valence-corrected chi connectivity index (χ0v) is 15.7. The van der Waals surface area contributed by atoms with Gasteiger partial charge in [-0.2, -0.15) is 0 Å². The molecule has 0 saturated carbocycles. The summed E-state index contributed by atoms with van der Waals surface area (Å²) in [5.41, 5.74) is 2.19. The van der Waals surface area contributed by atoms with E-state index in [1.807, 2.05) is 13.8 Å². The van der Waals surface area contributed by atoms with Crippen LogP contribution < -0.4 is 5.32 Å². The molecule has 1 aliphatic heterocycles. The van der Waals surface area contributed by atoms with Gasteiger partial charge in [-0.05, 0) is 39.5 Å². The van der Waals surface area contributed by atoms with Crippen LogP contribution in [0, 0.1) is 19.8 Å². The zero-order chi connectivity index (χ0) is 17.0. The first-order valence-electron chi connectivity index (χ1n) is 8.46. The molecule has 130 valence electrons. The van der Waals surface area contributed by atoms with Crippen LogP contribution in [-0.2, 0) is 16.1 Å². The van der Waals surface area contributed by atoms with Crippen molar-refractivity contribution in [3.63, 3.8) is 0 Å². The normalized spacial score (nSPS) is 19.3. The Morgan fingerprint density at radius 2 is 2.17 bits per heavy atom. The molecule has 0 bridgehead atoms. The number of aryl methyl sites for hydroxylation is 1.